The second kappa shape index (κ2) is 10.1. The van der Waals surface area contributed by atoms with Gasteiger partial charge >= 0.3 is 0 Å². The van der Waals surface area contributed by atoms with E-state index in [0.29, 0.717) is 5.95 Å². The second-order valence-electron chi connectivity index (χ2n) is 14.0. The first-order chi connectivity index (χ1) is 25.8. The largest absolute Gasteiger partial charge is 0.277 e. The average molecular weight is 660 g/mol. The van der Waals surface area contributed by atoms with Gasteiger partial charge in [-0.15, -0.1) is 0 Å². The van der Waals surface area contributed by atoms with Gasteiger partial charge in [0.1, 0.15) is 0 Å². The number of benzene rings is 8. The van der Waals surface area contributed by atoms with Crippen LogP contribution >= 0.6 is 0 Å². The smallest absolute Gasteiger partial charge is 0.235 e. The molecule has 0 bridgehead atoms. The minimum Gasteiger partial charge on any atom is -0.277 e. The Morgan fingerprint density at radius 2 is 0.962 bits per heavy atom. The molecule has 2 aliphatic rings. The zero-order valence-corrected chi connectivity index (χ0v) is 28.1. The van der Waals surface area contributed by atoms with Crippen molar-refractivity contribution in [3.8, 4) is 39.5 Å². The van der Waals surface area contributed by atoms with Gasteiger partial charge < -0.3 is 0 Å². The van der Waals surface area contributed by atoms with Crippen LogP contribution in [0.1, 0.15) is 22.3 Å². The highest BCUT2D eigenvalue weighted by Gasteiger charge is 2.53. The first kappa shape index (κ1) is 27.9. The molecule has 8 aromatic carbocycles. The zero-order valence-electron chi connectivity index (χ0n) is 28.1. The van der Waals surface area contributed by atoms with Gasteiger partial charge in [0, 0.05) is 27.3 Å². The summed E-state index contributed by atoms with van der Waals surface area (Å²) in [7, 11) is 0. The number of hydrogen-bond donors (Lipinski definition) is 0. The van der Waals surface area contributed by atoms with Gasteiger partial charge in [0.2, 0.25) is 5.95 Å². The average Bonchev–Trinajstić information content (AvgIpc) is 3.83. The maximum Gasteiger partial charge on any atom is 0.235 e. The number of rotatable bonds is 2. The molecule has 0 radical (unpaired) electrons. The number of nitrogens with zero attached hydrogens (tertiary/aromatic N) is 3. The summed E-state index contributed by atoms with van der Waals surface area (Å²) in [5, 5.41) is 5.97. The fourth-order valence-electron chi connectivity index (χ4n) is 9.71. The van der Waals surface area contributed by atoms with E-state index in [1.807, 2.05) is 0 Å². The van der Waals surface area contributed by atoms with Gasteiger partial charge in [-0.2, -0.15) is 0 Å². The molecule has 0 N–H and O–H groups in total. The van der Waals surface area contributed by atoms with Crippen LogP contribution in [0, 0.1) is 0 Å². The molecule has 3 nitrogen and oxygen atoms in total. The minimum absolute atomic E-state index is 0.549. The SMILES string of the molecule is c1ccc(-c2nc(-n3c4ccccc4c4c5ccccc5c5c(c43)C3(c4ccccc4-c4ccccc43)c3ccccc3-5)nc3ccccc23)cc1. The molecule has 3 heteroatoms. The molecular weight excluding hydrogens is 631 g/mol. The quantitative estimate of drug-likeness (QED) is 0.185. The third-order valence-electron chi connectivity index (χ3n) is 11.6. The minimum atomic E-state index is -0.549. The Hall–Kier alpha value is -6.84. The summed E-state index contributed by atoms with van der Waals surface area (Å²) in [6, 6.07) is 63.9. The topological polar surface area (TPSA) is 30.7 Å². The molecule has 0 atom stereocenters. The van der Waals surface area contributed by atoms with Crippen molar-refractivity contribution in [2.45, 2.75) is 5.41 Å². The van der Waals surface area contributed by atoms with Gasteiger partial charge in [-0.1, -0.05) is 164 Å². The molecule has 1 spiro atoms. The van der Waals surface area contributed by atoms with Crippen LogP contribution in [0.4, 0.5) is 0 Å². The van der Waals surface area contributed by atoms with Gasteiger partial charge in [0.15, 0.2) is 0 Å². The van der Waals surface area contributed by atoms with E-state index in [-0.39, 0.29) is 0 Å². The van der Waals surface area contributed by atoms with E-state index in [1.165, 1.54) is 66.1 Å². The lowest BCUT2D eigenvalue weighted by Gasteiger charge is -2.31. The number of hydrogen-bond acceptors (Lipinski definition) is 2. The lowest BCUT2D eigenvalue weighted by molar-refractivity contribution is 0.796. The van der Waals surface area contributed by atoms with Crippen LogP contribution in [0.2, 0.25) is 0 Å². The molecule has 52 heavy (non-hydrogen) atoms. The molecule has 2 heterocycles. The highest BCUT2D eigenvalue weighted by Crippen LogP contribution is 2.66. The summed E-state index contributed by atoms with van der Waals surface area (Å²) < 4.78 is 2.38. The molecule has 12 rings (SSSR count). The lowest BCUT2D eigenvalue weighted by Crippen LogP contribution is -2.26. The molecule has 2 aliphatic carbocycles. The zero-order chi connectivity index (χ0) is 34.0. The Morgan fingerprint density at radius 1 is 0.423 bits per heavy atom. The predicted molar refractivity (Wildman–Crippen MR) is 213 cm³/mol. The monoisotopic (exact) mass is 659 g/mol. The Bertz CT molecular complexity index is 3090. The van der Waals surface area contributed by atoms with Crippen molar-refractivity contribution in [2.75, 3.05) is 0 Å². The van der Waals surface area contributed by atoms with Crippen LogP contribution in [-0.4, -0.2) is 14.5 Å². The summed E-state index contributed by atoms with van der Waals surface area (Å²) in [6.45, 7) is 0. The number of fused-ring (bicyclic) bond motifs is 18. The van der Waals surface area contributed by atoms with Gasteiger partial charge in [0.05, 0.1) is 27.7 Å². The molecule has 240 valence electrons. The van der Waals surface area contributed by atoms with E-state index in [4.69, 9.17) is 9.97 Å². The fraction of sp³-hybridized carbons (Fsp3) is 0.0204. The van der Waals surface area contributed by atoms with Gasteiger partial charge in [-0.25, -0.2) is 9.97 Å². The molecule has 10 aromatic rings. The van der Waals surface area contributed by atoms with E-state index in [9.17, 15) is 0 Å². The van der Waals surface area contributed by atoms with Crippen LogP contribution in [0.25, 0.3) is 82.9 Å². The van der Waals surface area contributed by atoms with Crippen molar-refractivity contribution in [1.29, 1.82) is 0 Å². The molecule has 0 aliphatic heterocycles. The Morgan fingerprint density at radius 3 is 1.69 bits per heavy atom. The van der Waals surface area contributed by atoms with Gasteiger partial charge in [-0.05, 0) is 61.8 Å². The van der Waals surface area contributed by atoms with E-state index >= 15 is 0 Å². The first-order valence-electron chi connectivity index (χ1n) is 17.9. The van der Waals surface area contributed by atoms with Crippen molar-refractivity contribution in [3.63, 3.8) is 0 Å². The van der Waals surface area contributed by atoms with Crippen molar-refractivity contribution >= 4 is 43.5 Å². The number of para-hydroxylation sites is 2. The summed E-state index contributed by atoms with van der Waals surface area (Å²) in [4.78, 5) is 10.9. The Balaban J connectivity index is 1.36. The van der Waals surface area contributed by atoms with Gasteiger partial charge in [-0.3, -0.25) is 4.57 Å². The van der Waals surface area contributed by atoms with Gasteiger partial charge in [0.25, 0.3) is 0 Å². The van der Waals surface area contributed by atoms with E-state index in [1.54, 1.807) is 0 Å². The molecule has 0 saturated carbocycles. The highest BCUT2D eigenvalue weighted by molar-refractivity contribution is 6.27. The number of aromatic nitrogens is 3. The van der Waals surface area contributed by atoms with Crippen LogP contribution in [0.5, 0.6) is 0 Å². The van der Waals surface area contributed by atoms with Crippen molar-refractivity contribution in [3.05, 3.63) is 198 Å². The molecular formula is C49H29N3. The summed E-state index contributed by atoms with van der Waals surface area (Å²) in [5.74, 6) is 0.673. The van der Waals surface area contributed by atoms with Crippen molar-refractivity contribution in [1.82, 2.24) is 14.5 Å². The lowest BCUT2D eigenvalue weighted by atomic mass is 9.70. The second-order valence-corrected chi connectivity index (χ2v) is 14.0. The summed E-state index contributed by atoms with van der Waals surface area (Å²) >= 11 is 0. The molecule has 0 fully saturated rings. The first-order valence-corrected chi connectivity index (χ1v) is 17.9. The van der Waals surface area contributed by atoms with Crippen LogP contribution in [0.15, 0.2) is 176 Å². The maximum absolute atomic E-state index is 5.52. The third kappa shape index (κ3) is 3.36. The molecule has 0 saturated heterocycles. The normalized spacial score (nSPS) is 13.5. The van der Waals surface area contributed by atoms with E-state index in [0.717, 1.165) is 33.2 Å². The van der Waals surface area contributed by atoms with Crippen LogP contribution in [0.3, 0.4) is 0 Å². The summed E-state index contributed by atoms with van der Waals surface area (Å²) in [5.41, 5.74) is 15.0. The van der Waals surface area contributed by atoms with Crippen LogP contribution < -0.4 is 0 Å². The van der Waals surface area contributed by atoms with Crippen LogP contribution in [-0.2, 0) is 5.41 Å². The predicted octanol–water partition coefficient (Wildman–Crippen LogP) is 11.9. The fourth-order valence-corrected chi connectivity index (χ4v) is 9.71. The maximum atomic E-state index is 5.52. The van der Waals surface area contributed by atoms with Crippen molar-refractivity contribution < 1.29 is 0 Å². The molecule has 0 unspecified atom stereocenters. The molecule has 0 amide bonds. The molecule has 2 aromatic heterocycles. The summed E-state index contributed by atoms with van der Waals surface area (Å²) in [6.07, 6.45) is 0. The van der Waals surface area contributed by atoms with E-state index < -0.39 is 5.41 Å². The Kier molecular flexibility index (Phi) is 5.43. The standard InChI is InChI=1S/C49H29N3/c1-2-16-30(17-3-1)46-36-23-9-14-28-41(36)50-48(51-46)52-42-29-15-10-24-37(42)44-34-21-5-4-20-33(34)43-35-22-8-13-27-40(35)49(45(43)47(44)52)38-25-11-6-18-31(38)32-19-7-12-26-39(32)49/h1-29H. The third-order valence-corrected chi connectivity index (χ3v) is 11.6. The van der Waals surface area contributed by atoms with Crippen molar-refractivity contribution in [2.24, 2.45) is 0 Å². The highest BCUT2D eigenvalue weighted by atomic mass is 15.2. The van der Waals surface area contributed by atoms with E-state index in [2.05, 4.69) is 180 Å². The Labute approximate surface area is 300 Å².